The monoisotopic (exact) mass is 352 g/mol. The van der Waals surface area contributed by atoms with Gasteiger partial charge in [-0.3, -0.25) is 0 Å². The molecule has 1 heterocycles. The van der Waals surface area contributed by atoms with Crippen LogP contribution in [0.15, 0.2) is 48.5 Å². The first-order valence-electron chi connectivity index (χ1n) is 8.36. The van der Waals surface area contributed by atoms with E-state index >= 15 is 0 Å². The number of aromatic nitrogens is 1. The van der Waals surface area contributed by atoms with E-state index in [2.05, 4.69) is 62.5 Å². The second-order valence-corrected chi connectivity index (χ2v) is 8.00. The summed E-state index contributed by atoms with van der Waals surface area (Å²) >= 11 is 1.67. The van der Waals surface area contributed by atoms with E-state index in [0.29, 0.717) is 0 Å². The fourth-order valence-corrected chi connectivity index (χ4v) is 3.64. The number of nitrogens with one attached hydrogen (secondary N) is 1. The van der Waals surface area contributed by atoms with E-state index in [9.17, 15) is 0 Å². The highest BCUT2D eigenvalue weighted by Gasteiger charge is 2.17. The molecule has 3 aromatic rings. The topological polar surface area (TPSA) is 34.2 Å². The number of benzene rings is 2. The van der Waals surface area contributed by atoms with Gasteiger partial charge in [-0.1, -0.05) is 56.4 Å². The van der Waals surface area contributed by atoms with Gasteiger partial charge in [0.25, 0.3) is 0 Å². The van der Waals surface area contributed by atoms with Gasteiger partial charge in [-0.15, -0.1) is 0 Å². The summed E-state index contributed by atoms with van der Waals surface area (Å²) in [6.45, 7) is 6.69. The Bertz CT molecular complexity index is 843. The molecule has 0 saturated carbocycles. The second-order valence-electron chi connectivity index (χ2n) is 7.00. The molecule has 1 N–H and O–H groups in total. The molecule has 0 bridgehead atoms. The first-order valence-corrected chi connectivity index (χ1v) is 9.18. The Hall–Kier alpha value is -2.33. The average molecular weight is 353 g/mol. The zero-order valence-corrected chi connectivity index (χ0v) is 16.2. The van der Waals surface area contributed by atoms with Crippen LogP contribution in [0.25, 0.3) is 21.7 Å². The van der Waals surface area contributed by atoms with Crippen LogP contribution in [0.1, 0.15) is 26.3 Å². The minimum atomic E-state index is 0.148. The van der Waals surface area contributed by atoms with Crippen LogP contribution in [0.5, 0.6) is 5.75 Å². The van der Waals surface area contributed by atoms with Crippen molar-refractivity contribution in [1.82, 2.24) is 4.98 Å². The van der Waals surface area contributed by atoms with E-state index in [1.165, 1.54) is 5.56 Å². The molecule has 4 heteroatoms. The Balaban J connectivity index is 2.05. The van der Waals surface area contributed by atoms with Crippen molar-refractivity contribution < 1.29 is 4.74 Å². The van der Waals surface area contributed by atoms with Gasteiger partial charge < -0.3 is 10.1 Å². The van der Waals surface area contributed by atoms with E-state index in [0.717, 1.165) is 32.6 Å². The third-order valence-electron chi connectivity index (χ3n) is 4.22. The smallest absolute Gasteiger partial charge is 0.183 e. The van der Waals surface area contributed by atoms with Crippen LogP contribution in [-0.2, 0) is 5.41 Å². The molecular formula is C21H24N2OS. The minimum absolute atomic E-state index is 0.148. The van der Waals surface area contributed by atoms with Crippen LogP contribution in [0.3, 0.4) is 0 Å². The third kappa shape index (κ3) is 3.69. The summed E-state index contributed by atoms with van der Waals surface area (Å²) in [6.07, 6.45) is 0. The van der Waals surface area contributed by atoms with Crippen molar-refractivity contribution in [2.24, 2.45) is 0 Å². The fourth-order valence-electron chi connectivity index (χ4n) is 2.69. The lowest BCUT2D eigenvalue weighted by atomic mass is 9.86. The highest BCUT2D eigenvalue weighted by Crippen LogP contribution is 2.39. The molecule has 130 valence electrons. The van der Waals surface area contributed by atoms with Gasteiger partial charge in [-0.05, 0) is 40.8 Å². The predicted octanol–water partition coefficient (Wildman–Crippen LogP) is 5.82. The van der Waals surface area contributed by atoms with E-state index in [1.807, 2.05) is 19.2 Å². The second kappa shape index (κ2) is 6.89. The van der Waals surface area contributed by atoms with Gasteiger partial charge in [0, 0.05) is 12.6 Å². The summed E-state index contributed by atoms with van der Waals surface area (Å²) in [6, 6.07) is 16.9. The van der Waals surface area contributed by atoms with Gasteiger partial charge in [0.05, 0.1) is 17.7 Å². The Labute approximate surface area is 153 Å². The molecule has 0 aliphatic carbocycles. The number of methoxy groups -OCH3 is 1. The summed E-state index contributed by atoms with van der Waals surface area (Å²) in [5.74, 6) is 0.859. The maximum absolute atomic E-state index is 5.27. The molecule has 0 amide bonds. The number of rotatable bonds is 4. The largest absolute Gasteiger partial charge is 0.497 e. The Kier molecular flexibility index (Phi) is 4.82. The Morgan fingerprint density at radius 1 is 0.920 bits per heavy atom. The van der Waals surface area contributed by atoms with Crippen LogP contribution in [0.2, 0.25) is 0 Å². The maximum Gasteiger partial charge on any atom is 0.183 e. The summed E-state index contributed by atoms with van der Waals surface area (Å²) in [5, 5.41) is 4.09. The molecule has 0 radical (unpaired) electrons. The highest BCUT2D eigenvalue weighted by molar-refractivity contribution is 7.19. The normalized spacial score (nSPS) is 11.4. The fraction of sp³-hybridized carbons (Fsp3) is 0.286. The van der Waals surface area contributed by atoms with Crippen LogP contribution < -0.4 is 10.1 Å². The van der Waals surface area contributed by atoms with Gasteiger partial charge in [0.2, 0.25) is 0 Å². The summed E-state index contributed by atoms with van der Waals surface area (Å²) in [7, 11) is 3.59. The highest BCUT2D eigenvalue weighted by atomic mass is 32.1. The number of anilines is 1. The first-order chi connectivity index (χ1) is 11.9. The molecule has 0 spiro atoms. The SMILES string of the molecule is CNc1nc(-c2ccc(C(C)(C)C)cc2)c(-c2ccc(OC)cc2)s1. The van der Waals surface area contributed by atoms with Gasteiger partial charge in [0.1, 0.15) is 5.75 Å². The summed E-state index contributed by atoms with van der Waals surface area (Å²) < 4.78 is 5.27. The lowest BCUT2D eigenvalue weighted by molar-refractivity contribution is 0.415. The molecule has 0 unspecified atom stereocenters. The van der Waals surface area contributed by atoms with Gasteiger partial charge >= 0.3 is 0 Å². The quantitative estimate of drug-likeness (QED) is 0.642. The summed E-state index contributed by atoms with van der Waals surface area (Å²) in [4.78, 5) is 5.95. The van der Waals surface area contributed by atoms with Gasteiger partial charge in [-0.2, -0.15) is 0 Å². The van der Waals surface area contributed by atoms with Gasteiger partial charge in [0.15, 0.2) is 5.13 Å². The molecule has 0 aliphatic heterocycles. The zero-order chi connectivity index (χ0) is 18.0. The summed E-state index contributed by atoms with van der Waals surface area (Å²) in [5.41, 5.74) is 4.77. The molecule has 0 saturated heterocycles. The molecular weight excluding hydrogens is 328 g/mol. The third-order valence-corrected chi connectivity index (χ3v) is 5.34. The first kappa shape index (κ1) is 17.5. The van der Waals surface area contributed by atoms with Crippen LogP contribution in [0.4, 0.5) is 5.13 Å². The Morgan fingerprint density at radius 2 is 1.52 bits per heavy atom. The van der Waals surface area contributed by atoms with Crippen molar-refractivity contribution in [2.45, 2.75) is 26.2 Å². The van der Waals surface area contributed by atoms with E-state index in [1.54, 1.807) is 18.4 Å². The van der Waals surface area contributed by atoms with Crippen LogP contribution in [-0.4, -0.2) is 19.1 Å². The van der Waals surface area contributed by atoms with Crippen LogP contribution >= 0.6 is 11.3 Å². The Morgan fingerprint density at radius 3 is 2.04 bits per heavy atom. The number of thiazole rings is 1. The molecule has 3 nitrogen and oxygen atoms in total. The van der Waals surface area contributed by atoms with Crippen molar-refractivity contribution in [3.05, 3.63) is 54.1 Å². The van der Waals surface area contributed by atoms with E-state index < -0.39 is 0 Å². The van der Waals surface area contributed by atoms with Crippen molar-refractivity contribution in [3.8, 4) is 27.4 Å². The molecule has 2 aromatic carbocycles. The minimum Gasteiger partial charge on any atom is -0.497 e. The van der Waals surface area contributed by atoms with E-state index in [-0.39, 0.29) is 5.41 Å². The molecule has 0 atom stereocenters. The zero-order valence-electron chi connectivity index (χ0n) is 15.4. The van der Waals surface area contributed by atoms with Crippen LogP contribution in [0, 0.1) is 0 Å². The predicted molar refractivity (Wildman–Crippen MR) is 108 cm³/mol. The van der Waals surface area contributed by atoms with Gasteiger partial charge in [-0.25, -0.2) is 4.98 Å². The molecule has 25 heavy (non-hydrogen) atoms. The van der Waals surface area contributed by atoms with E-state index in [4.69, 9.17) is 9.72 Å². The van der Waals surface area contributed by atoms with Crippen molar-refractivity contribution in [2.75, 3.05) is 19.5 Å². The lowest BCUT2D eigenvalue weighted by Gasteiger charge is -2.19. The molecule has 0 aliphatic rings. The average Bonchev–Trinajstić information content (AvgIpc) is 3.05. The number of ether oxygens (including phenoxy) is 1. The standard InChI is InChI=1S/C21H24N2OS/c1-21(2,3)16-10-6-14(7-11-16)18-19(25-20(22-4)23-18)15-8-12-17(24-5)13-9-15/h6-13H,1-5H3,(H,22,23). The van der Waals surface area contributed by atoms with Crippen molar-refractivity contribution in [3.63, 3.8) is 0 Å². The van der Waals surface area contributed by atoms with Crippen molar-refractivity contribution >= 4 is 16.5 Å². The molecule has 3 rings (SSSR count). The maximum atomic E-state index is 5.27. The lowest BCUT2D eigenvalue weighted by Crippen LogP contribution is -2.10. The number of hydrogen-bond acceptors (Lipinski definition) is 4. The number of nitrogens with zero attached hydrogens (tertiary/aromatic N) is 1. The number of hydrogen-bond donors (Lipinski definition) is 1. The molecule has 1 aromatic heterocycles. The van der Waals surface area contributed by atoms with Crippen molar-refractivity contribution in [1.29, 1.82) is 0 Å². The molecule has 0 fully saturated rings.